The topological polar surface area (TPSA) is 106 Å². The van der Waals surface area contributed by atoms with Crippen LogP contribution in [0.2, 0.25) is 0 Å². The number of hydrogen-bond donors (Lipinski definition) is 1. The molecule has 2 aliphatic rings. The number of ether oxygens (including phenoxy) is 3. The molecule has 0 aliphatic carbocycles. The molecule has 5 rings (SSSR count). The molecule has 3 heterocycles. The number of hydrogen-bond acceptors (Lipinski definition) is 8. The second kappa shape index (κ2) is 10.7. The Labute approximate surface area is 241 Å². The summed E-state index contributed by atoms with van der Waals surface area (Å²) < 4.78 is 17.5. The summed E-state index contributed by atoms with van der Waals surface area (Å²) in [4.78, 5) is 38.6. The molecule has 41 heavy (non-hydrogen) atoms. The minimum Gasteiger partial charge on any atom is -0.494 e. The Hall–Kier alpha value is -4.08. The van der Waals surface area contributed by atoms with Gasteiger partial charge in [0.1, 0.15) is 29.1 Å². The molecule has 10 heteroatoms. The monoisotopic (exact) mass is 561 g/mol. The smallest absolute Gasteiger partial charge is 0.415 e. The van der Waals surface area contributed by atoms with Crippen LogP contribution in [-0.4, -0.2) is 65.0 Å². The fourth-order valence-electron chi connectivity index (χ4n) is 5.73. The van der Waals surface area contributed by atoms with Crippen LogP contribution in [0.4, 0.5) is 26.8 Å². The van der Waals surface area contributed by atoms with Crippen LogP contribution in [0, 0.1) is 19.8 Å². The van der Waals surface area contributed by atoms with Gasteiger partial charge < -0.3 is 24.4 Å². The van der Waals surface area contributed by atoms with Crippen LogP contribution in [-0.2, 0) is 9.47 Å². The number of methoxy groups -OCH3 is 1. The molecule has 218 valence electrons. The molecule has 1 aromatic heterocycles. The van der Waals surface area contributed by atoms with Gasteiger partial charge in [-0.15, -0.1) is 0 Å². The van der Waals surface area contributed by atoms with E-state index in [4.69, 9.17) is 14.2 Å². The van der Waals surface area contributed by atoms with Gasteiger partial charge in [-0.2, -0.15) is 0 Å². The van der Waals surface area contributed by atoms with Gasteiger partial charge in [0.25, 0.3) is 0 Å². The number of nitrogens with zero attached hydrogens (tertiary/aromatic N) is 4. The first-order valence-electron chi connectivity index (χ1n) is 14.1. The van der Waals surface area contributed by atoms with Gasteiger partial charge in [0.15, 0.2) is 0 Å². The van der Waals surface area contributed by atoms with E-state index in [-0.39, 0.29) is 12.0 Å². The summed E-state index contributed by atoms with van der Waals surface area (Å²) in [6, 6.07) is 9.79. The normalized spacial score (nSPS) is 20.9. The van der Waals surface area contributed by atoms with Crippen LogP contribution in [0.15, 0.2) is 36.7 Å². The predicted octanol–water partition coefficient (Wildman–Crippen LogP) is 6.36. The van der Waals surface area contributed by atoms with Crippen molar-refractivity contribution in [2.75, 3.05) is 37.0 Å². The third-order valence-electron chi connectivity index (χ3n) is 8.16. The summed E-state index contributed by atoms with van der Waals surface area (Å²) in [5, 5.41) is 4.21. The number of likely N-dealkylation sites (tertiary alicyclic amines) is 1. The molecule has 1 spiro atoms. The van der Waals surface area contributed by atoms with Crippen LogP contribution >= 0.6 is 0 Å². The lowest BCUT2D eigenvalue weighted by atomic mass is 9.79. The second-order valence-electron chi connectivity index (χ2n) is 11.9. The summed E-state index contributed by atoms with van der Waals surface area (Å²) in [5.41, 5.74) is 3.22. The molecule has 10 nitrogen and oxygen atoms in total. The van der Waals surface area contributed by atoms with Crippen molar-refractivity contribution in [1.29, 1.82) is 0 Å². The number of carbonyl (C=O) groups excluding carboxylic acids is 2. The lowest BCUT2D eigenvalue weighted by Crippen LogP contribution is -2.55. The average molecular weight is 562 g/mol. The maximum Gasteiger partial charge on any atom is 0.415 e. The van der Waals surface area contributed by atoms with Gasteiger partial charge in [0, 0.05) is 42.6 Å². The number of amides is 2. The first-order chi connectivity index (χ1) is 19.4. The molecule has 0 saturated carbocycles. The average Bonchev–Trinajstić information content (AvgIpc) is 3.25. The Morgan fingerprint density at radius 3 is 2.71 bits per heavy atom. The standard InChI is InChI=1S/C31H39N5O5/c1-8-21-16-35(28(37)40-30(4,5)6)13-12-31(21)17-36(29(38)41-31)25-14-22-24(15-26(25)39-7)32-18-33-27(22)34-23-11-9-10-19(2)20(23)3/h9-11,14-15,18,21H,8,12-13,16-17H2,1-7H3,(H,32,33,34). The molecular formula is C31H39N5O5. The SMILES string of the molecule is CCC1CN(C(=O)OC(C)(C)C)CCC12CN(c1cc3c(Nc4cccc(C)c4C)ncnc3cc1OC)C(=O)O2. The van der Waals surface area contributed by atoms with E-state index in [0.717, 1.165) is 23.1 Å². The van der Waals surface area contributed by atoms with Crippen molar-refractivity contribution in [1.82, 2.24) is 14.9 Å². The molecule has 2 saturated heterocycles. The summed E-state index contributed by atoms with van der Waals surface area (Å²) >= 11 is 0. The molecule has 1 N–H and O–H groups in total. The molecule has 2 amide bonds. The van der Waals surface area contributed by atoms with E-state index < -0.39 is 17.3 Å². The van der Waals surface area contributed by atoms with E-state index in [1.807, 2.05) is 45.0 Å². The van der Waals surface area contributed by atoms with Crippen LogP contribution in [0.5, 0.6) is 5.75 Å². The molecule has 2 fully saturated rings. The number of benzene rings is 2. The van der Waals surface area contributed by atoms with Crippen molar-refractivity contribution >= 4 is 40.3 Å². The number of nitrogens with one attached hydrogen (secondary N) is 1. The van der Waals surface area contributed by atoms with E-state index in [0.29, 0.717) is 48.8 Å². The predicted molar refractivity (Wildman–Crippen MR) is 158 cm³/mol. The van der Waals surface area contributed by atoms with Gasteiger partial charge in [-0.05, 0) is 64.3 Å². The number of rotatable bonds is 5. The van der Waals surface area contributed by atoms with Gasteiger partial charge in [-0.3, -0.25) is 4.90 Å². The Morgan fingerprint density at radius 1 is 1.22 bits per heavy atom. The summed E-state index contributed by atoms with van der Waals surface area (Å²) in [6.07, 6.45) is 2.00. The zero-order valence-electron chi connectivity index (χ0n) is 24.9. The quantitative estimate of drug-likeness (QED) is 0.384. The molecule has 2 unspecified atom stereocenters. The number of aryl methyl sites for hydroxylation is 1. The number of aromatic nitrogens is 2. The Morgan fingerprint density at radius 2 is 2.00 bits per heavy atom. The van der Waals surface area contributed by atoms with Gasteiger partial charge in [0.05, 0.1) is 24.9 Å². The summed E-state index contributed by atoms with van der Waals surface area (Å²) in [6.45, 7) is 13.0. The third-order valence-corrected chi connectivity index (χ3v) is 8.16. The number of anilines is 3. The lowest BCUT2D eigenvalue weighted by Gasteiger charge is -2.43. The fourth-order valence-corrected chi connectivity index (χ4v) is 5.73. The largest absolute Gasteiger partial charge is 0.494 e. The van der Waals surface area contributed by atoms with E-state index in [1.165, 1.54) is 11.9 Å². The van der Waals surface area contributed by atoms with Crippen molar-refractivity contribution in [3.8, 4) is 5.75 Å². The maximum atomic E-state index is 13.5. The Kier molecular flexibility index (Phi) is 7.44. The van der Waals surface area contributed by atoms with Crippen molar-refractivity contribution in [3.05, 3.63) is 47.8 Å². The minimum absolute atomic E-state index is 0.0472. The molecule has 2 aromatic carbocycles. The molecular weight excluding hydrogens is 522 g/mol. The van der Waals surface area contributed by atoms with Crippen LogP contribution < -0.4 is 15.0 Å². The van der Waals surface area contributed by atoms with Gasteiger partial charge in [-0.25, -0.2) is 19.6 Å². The van der Waals surface area contributed by atoms with E-state index >= 15 is 0 Å². The summed E-state index contributed by atoms with van der Waals surface area (Å²) in [5.74, 6) is 1.10. The molecule has 0 radical (unpaired) electrons. The van der Waals surface area contributed by atoms with Crippen molar-refractivity contribution in [2.45, 2.75) is 65.6 Å². The number of piperidine rings is 1. The van der Waals surface area contributed by atoms with E-state index in [9.17, 15) is 9.59 Å². The second-order valence-corrected chi connectivity index (χ2v) is 11.9. The van der Waals surface area contributed by atoms with Crippen LogP contribution in [0.1, 0.15) is 51.7 Å². The highest BCUT2D eigenvalue weighted by atomic mass is 16.6. The number of carbonyl (C=O) groups is 2. The molecule has 3 aromatic rings. The Balaban J connectivity index is 1.46. The highest BCUT2D eigenvalue weighted by Gasteiger charge is 2.54. The van der Waals surface area contributed by atoms with Crippen LogP contribution in [0.25, 0.3) is 10.9 Å². The molecule has 2 atom stereocenters. The third kappa shape index (κ3) is 5.47. The van der Waals surface area contributed by atoms with Gasteiger partial charge in [0.2, 0.25) is 0 Å². The van der Waals surface area contributed by atoms with E-state index in [1.54, 1.807) is 16.9 Å². The first kappa shape index (κ1) is 28.4. The van der Waals surface area contributed by atoms with Crippen molar-refractivity contribution in [3.63, 3.8) is 0 Å². The van der Waals surface area contributed by atoms with Crippen LogP contribution in [0.3, 0.4) is 0 Å². The molecule has 2 aliphatic heterocycles. The maximum absolute atomic E-state index is 13.5. The summed E-state index contributed by atoms with van der Waals surface area (Å²) in [7, 11) is 1.58. The van der Waals surface area contributed by atoms with Gasteiger partial charge in [-0.1, -0.05) is 19.1 Å². The zero-order valence-corrected chi connectivity index (χ0v) is 24.9. The van der Waals surface area contributed by atoms with Crippen molar-refractivity contribution < 1.29 is 23.8 Å². The Bertz CT molecular complexity index is 1490. The molecule has 0 bridgehead atoms. The fraction of sp³-hybridized carbons (Fsp3) is 0.484. The first-order valence-corrected chi connectivity index (χ1v) is 14.1. The lowest BCUT2D eigenvalue weighted by molar-refractivity contribution is -0.0546. The zero-order chi connectivity index (χ0) is 29.5. The van der Waals surface area contributed by atoms with Gasteiger partial charge >= 0.3 is 12.2 Å². The number of fused-ring (bicyclic) bond motifs is 1. The highest BCUT2D eigenvalue weighted by Crippen LogP contribution is 2.44. The minimum atomic E-state index is -0.725. The van der Waals surface area contributed by atoms with Crippen molar-refractivity contribution in [2.24, 2.45) is 5.92 Å². The van der Waals surface area contributed by atoms with E-state index in [2.05, 4.69) is 42.1 Å². The highest BCUT2D eigenvalue weighted by molar-refractivity contribution is 6.00.